The normalized spacial score (nSPS) is 21.4. The fourth-order valence-corrected chi connectivity index (χ4v) is 5.69. The number of hydrogen-bond donors (Lipinski definition) is 1. The maximum Gasteiger partial charge on any atom is 0.339 e. The zero-order valence-corrected chi connectivity index (χ0v) is 19.8. The van der Waals surface area contributed by atoms with Crippen molar-refractivity contribution in [2.24, 2.45) is 0 Å². The Morgan fingerprint density at radius 1 is 1.20 bits per heavy atom. The standard InChI is InChI=1S/C26H25ClFN3O4/c27-16-1-3-19-21(15-31(23(19)11-16)14-18-13-29-7-10-34-18)24(32)30-8-5-26(6-9-30)22-4-2-17(28)12-20(22)25(33)35-26/h1-4,11-12,15,18,29H,5-10,13-14H2. The van der Waals surface area contributed by atoms with Gasteiger partial charge in [-0.1, -0.05) is 23.7 Å². The van der Waals surface area contributed by atoms with Crippen molar-refractivity contribution in [2.75, 3.05) is 32.8 Å². The summed E-state index contributed by atoms with van der Waals surface area (Å²) in [5.41, 5.74) is 1.70. The topological polar surface area (TPSA) is 72.8 Å². The van der Waals surface area contributed by atoms with Crippen molar-refractivity contribution in [3.8, 4) is 0 Å². The third-order valence-electron chi connectivity index (χ3n) is 7.32. The van der Waals surface area contributed by atoms with E-state index in [9.17, 15) is 14.0 Å². The van der Waals surface area contributed by atoms with E-state index in [4.69, 9.17) is 21.1 Å². The second-order valence-electron chi connectivity index (χ2n) is 9.42. The van der Waals surface area contributed by atoms with Crippen LogP contribution in [-0.4, -0.2) is 60.2 Å². The van der Waals surface area contributed by atoms with E-state index < -0.39 is 17.4 Å². The van der Waals surface area contributed by atoms with Crippen LogP contribution >= 0.6 is 11.6 Å². The van der Waals surface area contributed by atoms with Crippen molar-refractivity contribution < 1.29 is 23.5 Å². The summed E-state index contributed by atoms with van der Waals surface area (Å²) in [6.45, 7) is 3.72. The van der Waals surface area contributed by atoms with E-state index in [-0.39, 0.29) is 17.6 Å². The third kappa shape index (κ3) is 3.90. The Balaban J connectivity index is 1.25. The molecule has 2 fully saturated rings. The van der Waals surface area contributed by atoms with E-state index in [1.807, 2.05) is 22.9 Å². The van der Waals surface area contributed by atoms with Gasteiger partial charge in [-0.15, -0.1) is 0 Å². The van der Waals surface area contributed by atoms with Crippen molar-refractivity contribution in [1.29, 1.82) is 0 Å². The zero-order valence-electron chi connectivity index (χ0n) is 19.1. The highest BCUT2D eigenvalue weighted by Gasteiger charge is 2.48. The lowest BCUT2D eigenvalue weighted by Gasteiger charge is -2.38. The molecule has 9 heteroatoms. The van der Waals surface area contributed by atoms with Gasteiger partial charge in [0, 0.05) is 61.2 Å². The van der Waals surface area contributed by atoms with Crippen LogP contribution in [0.2, 0.25) is 5.02 Å². The monoisotopic (exact) mass is 497 g/mol. The number of nitrogens with one attached hydrogen (secondary N) is 1. The minimum Gasteiger partial charge on any atom is -0.450 e. The maximum atomic E-state index is 13.7. The van der Waals surface area contributed by atoms with Gasteiger partial charge in [0.25, 0.3) is 5.91 Å². The van der Waals surface area contributed by atoms with E-state index in [2.05, 4.69) is 5.32 Å². The first-order chi connectivity index (χ1) is 16.9. The van der Waals surface area contributed by atoms with E-state index in [0.29, 0.717) is 55.2 Å². The number of carbonyl (C=O) groups is 2. The molecule has 1 amide bonds. The Bertz CT molecular complexity index is 1330. The van der Waals surface area contributed by atoms with Crippen LogP contribution in [-0.2, 0) is 21.6 Å². The molecular weight excluding hydrogens is 473 g/mol. The van der Waals surface area contributed by atoms with Crippen LogP contribution in [0, 0.1) is 5.82 Å². The first kappa shape index (κ1) is 22.5. The van der Waals surface area contributed by atoms with Gasteiger partial charge >= 0.3 is 5.97 Å². The summed E-state index contributed by atoms with van der Waals surface area (Å²) in [5.74, 6) is -1.04. The number of carbonyl (C=O) groups excluding carboxylic acids is 2. The fourth-order valence-electron chi connectivity index (χ4n) is 5.53. The maximum absolute atomic E-state index is 13.7. The van der Waals surface area contributed by atoms with Crippen molar-refractivity contribution in [2.45, 2.75) is 31.1 Å². The van der Waals surface area contributed by atoms with E-state index >= 15 is 0 Å². The number of nitrogens with zero attached hydrogens (tertiary/aromatic N) is 2. The zero-order chi connectivity index (χ0) is 24.2. The van der Waals surface area contributed by atoms with Gasteiger partial charge < -0.3 is 24.3 Å². The van der Waals surface area contributed by atoms with Crippen LogP contribution in [0.15, 0.2) is 42.6 Å². The van der Waals surface area contributed by atoms with Crippen molar-refractivity contribution >= 4 is 34.4 Å². The van der Waals surface area contributed by atoms with Gasteiger partial charge in [-0.05, 0) is 24.3 Å². The van der Waals surface area contributed by atoms with Gasteiger partial charge in [0.1, 0.15) is 11.4 Å². The minimum atomic E-state index is -0.802. The van der Waals surface area contributed by atoms with Crippen LogP contribution in [0.5, 0.6) is 0 Å². The molecule has 182 valence electrons. The quantitative estimate of drug-likeness (QED) is 0.558. The molecule has 3 aliphatic heterocycles. The number of amides is 1. The molecule has 1 spiro atoms. The Hall–Kier alpha value is -2.94. The van der Waals surface area contributed by atoms with Gasteiger partial charge in [0.15, 0.2) is 0 Å². The van der Waals surface area contributed by atoms with Crippen LogP contribution in [0.3, 0.4) is 0 Å². The molecule has 2 aromatic carbocycles. The number of halogens is 2. The van der Waals surface area contributed by atoms with Crippen LogP contribution in [0.1, 0.15) is 39.1 Å². The molecule has 0 saturated carbocycles. The smallest absolute Gasteiger partial charge is 0.339 e. The molecule has 7 nitrogen and oxygen atoms in total. The van der Waals surface area contributed by atoms with E-state index in [1.54, 1.807) is 17.0 Å². The lowest BCUT2D eigenvalue weighted by Crippen LogP contribution is -2.45. The Morgan fingerprint density at radius 3 is 2.80 bits per heavy atom. The number of aromatic nitrogens is 1. The highest BCUT2D eigenvalue weighted by molar-refractivity contribution is 6.31. The molecule has 4 heterocycles. The number of esters is 1. The van der Waals surface area contributed by atoms with Crippen molar-refractivity contribution in [3.05, 3.63) is 70.1 Å². The molecule has 6 rings (SSSR count). The molecule has 0 radical (unpaired) electrons. The summed E-state index contributed by atoms with van der Waals surface area (Å²) in [7, 11) is 0. The van der Waals surface area contributed by atoms with Gasteiger partial charge in [-0.25, -0.2) is 9.18 Å². The molecular formula is C26H25ClFN3O4. The predicted molar refractivity (Wildman–Crippen MR) is 128 cm³/mol. The van der Waals surface area contributed by atoms with Gasteiger partial charge in [0.2, 0.25) is 0 Å². The molecule has 1 atom stereocenters. The summed E-state index contributed by atoms with van der Waals surface area (Å²) in [4.78, 5) is 27.8. The third-order valence-corrected chi connectivity index (χ3v) is 7.55. The van der Waals surface area contributed by atoms with Crippen molar-refractivity contribution in [1.82, 2.24) is 14.8 Å². The molecule has 2 saturated heterocycles. The minimum absolute atomic E-state index is 0.0121. The first-order valence-electron chi connectivity index (χ1n) is 11.9. The number of likely N-dealkylation sites (tertiary alicyclic amines) is 1. The Morgan fingerprint density at radius 2 is 2.03 bits per heavy atom. The SMILES string of the molecule is O=C1OC2(CCN(C(=O)c3cn(CC4CNCCO4)c4cc(Cl)ccc34)CC2)c2ccc(F)cc21. The Kier molecular flexibility index (Phi) is 5.55. The highest BCUT2D eigenvalue weighted by atomic mass is 35.5. The first-order valence-corrected chi connectivity index (χ1v) is 12.2. The molecule has 1 aromatic heterocycles. The molecule has 0 bridgehead atoms. The second-order valence-corrected chi connectivity index (χ2v) is 9.86. The summed E-state index contributed by atoms with van der Waals surface area (Å²) in [6, 6.07) is 9.77. The number of rotatable bonds is 3. The average molecular weight is 498 g/mol. The average Bonchev–Trinajstić information content (AvgIpc) is 3.34. The number of morpholine rings is 1. The largest absolute Gasteiger partial charge is 0.450 e. The predicted octanol–water partition coefficient (Wildman–Crippen LogP) is 3.72. The van der Waals surface area contributed by atoms with Crippen LogP contribution in [0.4, 0.5) is 4.39 Å². The number of ether oxygens (including phenoxy) is 2. The van der Waals surface area contributed by atoms with Gasteiger partial charge in [-0.2, -0.15) is 0 Å². The van der Waals surface area contributed by atoms with Crippen LogP contribution in [0.25, 0.3) is 10.9 Å². The number of hydrogen-bond acceptors (Lipinski definition) is 5. The number of fused-ring (bicyclic) bond motifs is 3. The molecule has 0 aliphatic carbocycles. The molecule has 1 N–H and O–H groups in total. The summed E-state index contributed by atoms with van der Waals surface area (Å²) in [6.07, 6.45) is 2.84. The summed E-state index contributed by atoms with van der Waals surface area (Å²) < 4.78 is 27.3. The van der Waals surface area contributed by atoms with E-state index in [1.165, 1.54) is 12.1 Å². The van der Waals surface area contributed by atoms with Crippen molar-refractivity contribution in [3.63, 3.8) is 0 Å². The second kappa shape index (κ2) is 8.62. The molecule has 35 heavy (non-hydrogen) atoms. The fraction of sp³-hybridized carbons (Fsp3) is 0.385. The molecule has 1 unspecified atom stereocenters. The highest BCUT2D eigenvalue weighted by Crippen LogP contribution is 2.44. The Labute approximate surface area is 206 Å². The summed E-state index contributed by atoms with van der Waals surface area (Å²) in [5, 5.41) is 4.79. The van der Waals surface area contributed by atoms with Gasteiger partial charge in [0.05, 0.1) is 35.9 Å². The molecule has 3 aliphatic rings. The van der Waals surface area contributed by atoms with E-state index in [0.717, 1.165) is 24.0 Å². The number of benzene rings is 2. The lowest BCUT2D eigenvalue weighted by molar-refractivity contribution is -0.0389. The number of piperidine rings is 1. The molecule has 3 aromatic rings. The summed E-state index contributed by atoms with van der Waals surface area (Å²) >= 11 is 6.29. The van der Waals surface area contributed by atoms with Crippen LogP contribution < -0.4 is 5.32 Å². The lowest BCUT2D eigenvalue weighted by atomic mass is 9.83. The van der Waals surface area contributed by atoms with Gasteiger partial charge in [-0.3, -0.25) is 4.79 Å².